The molecule has 1 saturated carbocycles. The Morgan fingerprint density at radius 3 is 2.64 bits per heavy atom. The van der Waals surface area contributed by atoms with Crippen molar-refractivity contribution in [2.75, 3.05) is 9.62 Å². The highest BCUT2D eigenvalue weighted by molar-refractivity contribution is 7.92. The Balaban J connectivity index is 1.60. The Labute approximate surface area is 166 Å². The van der Waals surface area contributed by atoms with Gasteiger partial charge in [-0.3, -0.25) is 9.52 Å². The molecule has 0 aromatic heterocycles. The number of benzene rings is 2. The Bertz CT molecular complexity index is 1010. The molecular weight excluding hydrogens is 372 g/mol. The van der Waals surface area contributed by atoms with Crippen molar-refractivity contribution >= 4 is 27.3 Å². The van der Waals surface area contributed by atoms with Gasteiger partial charge in [0.25, 0.3) is 10.0 Å². The third-order valence-corrected chi connectivity index (χ3v) is 7.24. The number of sulfonamides is 1. The van der Waals surface area contributed by atoms with Crippen molar-refractivity contribution in [2.45, 2.75) is 56.9 Å². The molecule has 1 amide bonds. The van der Waals surface area contributed by atoms with Crippen LogP contribution < -0.4 is 9.62 Å². The summed E-state index contributed by atoms with van der Waals surface area (Å²) >= 11 is 0. The molecule has 1 atom stereocenters. The molecule has 1 aliphatic heterocycles. The summed E-state index contributed by atoms with van der Waals surface area (Å²) in [5.41, 5.74) is 3.42. The molecule has 1 fully saturated rings. The number of rotatable bonds is 5. The van der Waals surface area contributed by atoms with Crippen LogP contribution in [0, 0.1) is 5.92 Å². The first-order valence-electron chi connectivity index (χ1n) is 9.97. The average molecular weight is 399 g/mol. The van der Waals surface area contributed by atoms with Crippen molar-refractivity contribution in [1.29, 1.82) is 0 Å². The minimum absolute atomic E-state index is 0.0650. The van der Waals surface area contributed by atoms with Crippen LogP contribution in [0.4, 0.5) is 11.4 Å². The number of aryl methyl sites for hydroxylation is 1. The molecule has 0 bridgehead atoms. The molecule has 28 heavy (non-hydrogen) atoms. The lowest BCUT2D eigenvalue weighted by atomic mass is 9.84. The van der Waals surface area contributed by atoms with Crippen LogP contribution in [0.1, 0.15) is 44.2 Å². The highest BCUT2D eigenvalue weighted by atomic mass is 32.2. The largest absolute Gasteiger partial charge is 0.309 e. The molecule has 0 spiro atoms. The number of fused-ring (bicyclic) bond motifs is 1. The Kier molecular flexibility index (Phi) is 4.91. The van der Waals surface area contributed by atoms with Gasteiger partial charge in [-0.2, -0.15) is 0 Å². The van der Waals surface area contributed by atoms with E-state index in [9.17, 15) is 13.2 Å². The summed E-state index contributed by atoms with van der Waals surface area (Å²) in [7, 11) is -3.68. The van der Waals surface area contributed by atoms with Crippen LogP contribution in [0.5, 0.6) is 0 Å². The van der Waals surface area contributed by atoms with Gasteiger partial charge in [-0.1, -0.05) is 25.5 Å². The van der Waals surface area contributed by atoms with Gasteiger partial charge in [0.2, 0.25) is 5.91 Å². The maximum atomic E-state index is 12.9. The van der Waals surface area contributed by atoms with Gasteiger partial charge in [0.15, 0.2) is 0 Å². The van der Waals surface area contributed by atoms with E-state index in [4.69, 9.17) is 0 Å². The maximum Gasteiger partial charge on any atom is 0.261 e. The summed E-state index contributed by atoms with van der Waals surface area (Å²) in [4.78, 5) is 14.9. The first-order valence-corrected chi connectivity index (χ1v) is 11.4. The topological polar surface area (TPSA) is 66.5 Å². The van der Waals surface area contributed by atoms with E-state index in [0.29, 0.717) is 12.1 Å². The predicted octanol–water partition coefficient (Wildman–Crippen LogP) is 4.13. The van der Waals surface area contributed by atoms with Crippen molar-refractivity contribution in [1.82, 2.24) is 0 Å². The highest BCUT2D eigenvalue weighted by Crippen LogP contribution is 2.38. The number of nitrogens with one attached hydrogen (secondary N) is 1. The number of anilines is 2. The summed E-state index contributed by atoms with van der Waals surface area (Å²) in [6, 6.07) is 12.6. The fourth-order valence-electron chi connectivity index (χ4n) is 4.03. The second-order valence-electron chi connectivity index (χ2n) is 7.84. The molecule has 4 rings (SSSR count). The Hall–Kier alpha value is -2.34. The van der Waals surface area contributed by atoms with Crippen LogP contribution in [0.25, 0.3) is 0 Å². The molecule has 2 aromatic carbocycles. The van der Waals surface area contributed by atoms with Gasteiger partial charge < -0.3 is 4.90 Å². The molecule has 1 N–H and O–H groups in total. The van der Waals surface area contributed by atoms with Gasteiger partial charge in [-0.05, 0) is 74.1 Å². The first-order chi connectivity index (χ1) is 13.4. The zero-order chi connectivity index (χ0) is 19.9. The van der Waals surface area contributed by atoms with Crippen LogP contribution in [0.15, 0.2) is 47.4 Å². The number of hydrogen-bond donors (Lipinski definition) is 1. The lowest BCUT2D eigenvalue weighted by Crippen LogP contribution is -2.42. The number of carbonyl (C=O) groups is 1. The molecular formula is C22H26N2O3S. The zero-order valence-corrected chi connectivity index (χ0v) is 17.1. The van der Waals surface area contributed by atoms with Crippen LogP contribution >= 0.6 is 0 Å². The number of nitrogens with zero attached hydrogens (tertiary/aromatic N) is 1. The van der Waals surface area contributed by atoms with E-state index in [2.05, 4.69) is 4.72 Å². The first kappa shape index (κ1) is 19.0. The van der Waals surface area contributed by atoms with Crippen molar-refractivity contribution in [3.8, 4) is 0 Å². The van der Waals surface area contributed by atoms with Gasteiger partial charge in [-0.25, -0.2) is 8.42 Å². The van der Waals surface area contributed by atoms with Gasteiger partial charge in [0.1, 0.15) is 0 Å². The fraction of sp³-hybridized carbons (Fsp3) is 0.409. The van der Waals surface area contributed by atoms with Gasteiger partial charge >= 0.3 is 0 Å². The van der Waals surface area contributed by atoms with Crippen LogP contribution in [0.2, 0.25) is 0 Å². The van der Waals surface area contributed by atoms with E-state index < -0.39 is 10.0 Å². The molecule has 148 valence electrons. The lowest BCUT2D eigenvalue weighted by molar-refractivity contribution is -0.125. The smallest absolute Gasteiger partial charge is 0.261 e. The molecule has 2 aromatic rings. The second kappa shape index (κ2) is 7.24. The zero-order valence-electron chi connectivity index (χ0n) is 16.3. The quantitative estimate of drug-likeness (QED) is 0.824. The monoisotopic (exact) mass is 398 g/mol. The van der Waals surface area contributed by atoms with Crippen molar-refractivity contribution < 1.29 is 13.2 Å². The number of amides is 1. The van der Waals surface area contributed by atoms with Crippen molar-refractivity contribution in [3.05, 3.63) is 53.6 Å². The molecule has 1 heterocycles. The standard InChI is InChI=1S/C22H26N2O3S/c1-3-16-6-4-9-19(13-16)23-28(26,27)20-10-11-21-18(14-20)12-15(2)24(21)22(25)17-7-5-8-17/h4,6,9-11,13-15,17,23H,3,5,7-8,12H2,1-2H3/t15-/m1/s1. The third-order valence-electron chi connectivity index (χ3n) is 5.86. The maximum absolute atomic E-state index is 12.9. The van der Waals surface area contributed by atoms with Crippen molar-refractivity contribution in [3.63, 3.8) is 0 Å². The minimum atomic E-state index is -3.68. The SMILES string of the molecule is CCc1cccc(NS(=O)(=O)c2ccc3c(c2)C[C@@H](C)N3C(=O)C2CCC2)c1. The molecule has 2 aliphatic rings. The van der Waals surface area contributed by atoms with Gasteiger partial charge in [-0.15, -0.1) is 0 Å². The summed E-state index contributed by atoms with van der Waals surface area (Å²) < 4.78 is 28.4. The lowest BCUT2D eigenvalue weighted by Gasteiger charge is -2.32. The molecule has 0 saturated heterocycles. The fourth-order valence-corrected chi connectivity index (χ4v) is 5.13. The summed E-state index contributed by atoms with van der Waals surface area (Å²) in [6.45, 7) is 4.06. The van der Waals surface area contributed by atoms with E-state index in [-0.39, 0.29) is 22.8 Å². The molecule has 0 radical (unpaired) electrons. The number of hydrogen-bond acceptors (Lipinski definition) is 3. The summed E-state index contributed by atoms with van der Waals surface area (Å²) in [6.07, 6.45) is 4.57. The van der Waals surface area contributed by atoms with Crippen LogP contribution in [0.3, 0.4) is 0 Å². The minimum Gasteiger partial charge on any atom is -0.309 e. The third kappa shape index (κ3) is 3.41. The molecule has 0 unspecified atom stereocenters. The number of carbonyl (C=O) groups excluding carboxylic acids is 1. The van der Waals surface area contributed by atoms with Crippen LogP contribution in [-0.4, -0.2) is 20.4 Å². The van der Waals surface area contributed by atoms with E-state index >= 15 is 0 Å². The van der Waals surface area contributed by atoms with E-state index in [0.717, 1.165) is 42.5 Å². The summed E-state index contributed by atoms with van der Waals surface area (Å²) in [5.74, 6) is 0.312. The average Bonchev–Trinajstić information content (AvgIpc) is 2.94. The van der Waals surface area contributed by atoms with E-state index in [1.54, 1.807) is 24.3 Å². The predicted molar refractivity (Wildman–Crippen MR) is 111 cm³/mol. The Morgan fingerprint density at radius 1 is 1.18 bits per heavy atom. The molecule has 6 heteroatoms. The Morgan fingerprint density at radius 2 is 1.96 bits per heavy atom. The van der Waals surface area contributed by atoms with Gasteiger partial charge in [0.05, 0.1) is 4.90 Å². The second-order valence-corrected chi connectivity index (χ2v) is 9.52. The summed E-state index contributed by atoms with van der Waals surface area (Å²) in [5, 5.41) is 0. The molecule has 1 aliphatic carbocycles. The van der Waals surface area contributed by atoms with Crippen LogP contribution in [-0.2, 0) is 27.7 Å². The van der Waals surface area contributed by atoms with E-state index in [1.165, 1.54) is 0 Å². The normalized spacial score (nSPS) is 19.2. The molecule has 5 nitrogen and oxygen atoms in total. The van der Waals surface area contributed by atoms with Gasteiger partial charge in [0, 0.05) is 23.3 Å². The van der Waals surface area contributed by atoms with E-state index in [1.807, 2.05) is 36.9 Å². The van der Waals surface area contributed by atoms with Crippen molar-refractivity contribution in [2.24, 2.45) is 5.92 Å². The highest BCUT2D eigenvalue weighted by Gasteiger charge is 2.37.